The van der Waals surface area contributed by atoms with Crippen LogP contribution in [0.3, 0.4) is 0 Å². The van der Waals surface area contributed by atoms with Gasteiger partial charge >= 0.3 is 11.9 Å². The maximum absolute atomic E-state index is 13.4. The Bertz CT molecular complexity index is 1380. The minimum Gasteiger partial charge on any atom is -0.507 e. The van der Waals surface area contributed by atoms with Crippen molar-refractivity contribution in [3.05, 3.63) is 89.3 Å². The Labute approximate surface area is 232 Å². The number of halogens is 2. The van der Waals surface area contributed by atoms with E-state index in [0.717, 1.165) is 0 Å². The van der Waals surface area contributed by atoms with E-state index in [1.165, 1.54) is 12.1 Å². The maximum atomic E-state index is 13.4. The molecule has 0 saturated heterocycles. The van der Waals surface area contributed by atoms with Gasteiger partial charge < -0.3 is 20.1 Å². The number of cyclic esters (lactones) is 1. The van der Waals surface area contributed by atoms with Crippen molar-refractivity contribution in [3.63, 3.8) is 0 Å². The number of esters is 1. The van der Waals surface area contributed by atoms with Gasteiger partial charge in [0.05, 0.1) is 11.1 Å². The molecule has 0 amide bonds. The summed E-state index contributed by atoms with van der Waals surface area (Å²) in [6.45, 7) is 7.62. The highest BCUT2D eigenvalue weighted by molar-refractivity contribution is 9.10. The number of fused-ring (bicyclic) bond motifs is 1. The lowest BCUT2D eigenvalue weighted by molar-refractivity contribution is 0.0239. The number of carboxylic acids is 1. The van der Waals surface area contributed by atoms with Crippen LogP contribution in [0, 0.1) is 0 Å². The van der Waals surface area contributed by atoms with Gasteiger partial charge in [0, 0.05) is 47.9 Å². The van der Waals surface area contributed by atoms with Crippen LogP contribution in [0.2, 0.25) is 0 Å². The molecule has 3 aromatic rings. The third-order valence-electron chi connectivity index (χ3n) is 7.20. The molecule has 37 heavy (non-hydrogen) atoms. The van der Waals surface area contributed by atoms with Crippen LogP contribution in [-0.4, -0.2) is 27.3 Å². The number of hydrogen-bond donors (Lipinski definition) is 3. The Balaban J connectivity index is 2.31. The molecule has 0 aliphatic carbocycles. The van der Waals surface area contributed by atoms with E-state index < -0.39 is 17.5 Å². The first-order valence-corrected chi connectivity index (χ1v) is 13.8. The number of carbonyl (C=O) groups excluding carboxylic acids is 1. The monoisotopic (exact) mass is 630 g/mol. The lowest BCUT2D eigenvalue weighted by atomic mass is 9.73. The molecule has 0 aromatic heterocycles. The highest BCUT2D eigenvalue weighted by atomic mass is 79.9. The second-order valence-electron chi connectivity index (χ2n) is 8.94. The number of aromatic carboxylic acids is 1. The van der Waals surface area contributed by atoms with Crippen LogP contribution >= 0.6 is 31.9 Å². The summed E-state index contributed by atoms with van der Waals surface area (Å²) in [4.78, 5) is 25.9. The summed E-state index contributed by atoms with van der Waals surface area (Å²) in [6.07, 6.45) is 1.91. The Hall–Kier alpha value is -2.84. The van der Waals surface area contributed by atoms with Crippen molar-refractivity contribution in [2.24, 2.45) is 0 Å². The Morgan fingerprint density at radius 2 is 1.30 bits per heavy atom. The number of carboxylic acid groups (broad SMARTS) is 1. The van der Waals surface area contributed by atoms with Gasteiger partial charge in [-0.1, -0.05) is 65.6 Å². The van der Waals surface area contributed by atoms with E-state index in [2.05, 4.69) is 31.9 Å². The molecule has 0 fully saturated rings. The maximum Gasteiger partial charge on any atom is 0.340 e. The summed E-state index contributed by atoms with van der Waals surface area (Å²) in [6, 6.07) is 8.11. The molecule has 0 radical (unpaired) electrons. The van der Waals surface area contributed by atoms with E-state index in [0.29, 0.717) is 68.0 Å². The van der Waals surface area contributed by atoms with E-state index >= 15 is 0 Å². The predicted molar refractivity (Wildman–Crippen MR) is 148 cm³/mol. The molecule has 0 bridgehead atoms. The molecule has 0 unspecified atom stereocenters. The van der Waals surface area contributed by atoms with Crippen molar-refractivity contribution < 1.29 is 29.6 Å². The smallest absolute Gasteiger partial charge is 0.340 e. The highest BCUT2D eigenvalue weighted by Gasteiger charge is 2.53. The van der Waals surface area contributed by atoms with Gasteiger partial charge in [0.15, 0.2) is 5.60 Å². The van der Waals surface area contributed by atoms with Gasteiger partial charge in [0.1, 0.15) is 11.5 Å². The molecule has 1 aliphatic rings. The molecular formula is C29H28Br2O6. The Morgan fingerprint density at radius 3 is 1.70 bits per heavy atom. The quantitative estimate of drug-likeness (QED) is 0.242. The zero-order chi connectivity index (χ0) is 27.2. The van der Waals surface area contributed by atoms with Gasteiger partial charge in [-0.2, -0.15) is 0 Å². The number of phenols is 2. The zero-order valence-electron chi connectivity index (χ0n) is 21.0. The largest absolute Gasteiger partial charge is 0.507 e. The summed E-state index contributed by atoms with van der Waals surface area (Å²) in [7, 11) is 0. The predicted octanol–water partition coefficient (Wildman–Crippen LogP) is 7.03. The molecule has 8 heteroatoms. The van der Waals surface area contributed by atoms with E-state index in [1.807, 2.05) is 27.7 Å². The van der Waals surface area contributed by atoms with Gasteiger partial charge in [-0.3, -0.25) is 0 Å². The molecule has 3 N–H and O–H groups in total. The molecule has 4 rings (SSSR count). The fourth-order valence-electron chi connectivity index (χ4n) is 5.51. The van der Waals surface area contributed by atoms with Gasteiger partial charge in [-0.05, 0) is 49.9 Å². The number of phenolic OH excluding ortho intramolecular Hbond substituents is 2. The summed E-state index contributed by atoms with van der Waals surface area (Å²) in [5.74, 6) is -1.75. The van der Waals surface area contributed by atoms with Crippen LogP contribution in [0.25, 0.3) is 0 Å². The molecule has 0 saturated carbocycles. The van der Waals surface area contributed by atoms with Crippen LogP contribution in [0.15, 0.2) is 39.3 Å². The molecule has 194 valence electrons. The number of benzene rings is 3. The normalized spacial score (nSPS) is 13.9. The first-order chi connectivity index (χ1) is 17.6. The van der Waals surface area contributed by atoms with Crippen molar-refractivity contribution in [3.8, 4) is 11.5 Å². The van der Waals surface area contributed by atoms with Crippen LogP contribution in [-0.2, 0) is 36.0 Å². The van der Waals surface area contributed by atoms with E-state index in [-0.39, 0.29) is 28.2 Å². The molecular weight excluding hydrogens is 604 g/mol. The SMILES string of the molecule is CCc1c(Br)cc(C2(c3cc(Br)c(CC)c(O)c3CC)OC(=O)c3cccc(C(=O)O)c32)c(CC)c1O. The first-order valence-electron chi connectivity index (χ1n) is 12.3. The molecule has 1 aliphatic heterocycles. The average Bonchev–Trinajstić information content (AvgIpc) is 3.17. The van der Waals surface area contributed by atoms with Crippen molar-refractivity contribution >= 4 is 43.8 Å². The topological polar surface area (TPSA) is 104 Å². The minimum absolute atomic E-state index is 0.0672. The summed E-state index contributed by atoms with van der Waals surface area (Å²) in [5, 5.41) is 32.9. The average molecular weight is 632 g/mol. The number of aromatic hydroxyl groups is 2. The van der Waals surface area contributed by atoms with Crippen molar-refractivity contribution in [1.29, 1.82) is 0 Å². The fraction of sp³-hybridized carbons (Fsp3) is 0.310. The molecule has 0 atom stereocenters. The summed E-state index contributed by atoms with van der Waals surface area (Å²) in [5.41, 5.74) is 1.88. The van der Waals surface area contributed by atoms with E-state index in [1.54, 1.807) is 18.2 Å². The Morgan fingerprint density at radius 1 is 0.838 bits per heavy atom. The second-order valence-corrected chi connectivity index (χ2v) is 10.7. The molecule has 6 nitrogen and oxygen atoms in total. The van der Waals surface area contributed by atoms with Gasteiger partial charge in [0.2, 0.25) is 0 Å². The Kier molecular flexibility index (Phi) is 7.45. The lowest BCUT2D eigenvalue weighted by Crippen LogP contribution is -2.34. The number of rotatable bonds is 7. The van der Waals surface area contributed by atoms with Crippen molar-refractivity contribution in [2.75, 3.05) is 0 Å². The second kappa shape index (κ2) is 10.1. The van der Waals surface area contributed by atoms with Crippen LogP contribution in [0.4, 0.5) is 0 Å². The third-order valence-corrected chi connectivity index (χ3v) is 8.61. The standard InChI is InChI=1S/C29H28Br2O6/c1-5-14-20(12-22(30)16(7-3)25(14)32)29(21-13-23(31)17(8-4)26(33)15(21)6-2)24-18(27(34)35)10-9-11-19(24)28(36)37-29/h9-13,32-33H,5-8H2,1-4H3,(H,34,35). The van der Waals surface area contributed by atoms with Crippen LogP contribution in [0.1, 0.15) is 87.4 Å². The first kappa shape index (κ1) is 27.2. The minimum atomic E-state index is -1.73. The summed E-state index contributed by atoms with van der Waals surface area (Å²) >= 11 is 7.16. The molecule has 0 spiro atoms. The van der Waals surface area contributed by atoms with Gasteiger partial charge in [-0.25, -0.2) is 9.59 Å². The third kappa shape index (κ3) is 3.96. The number of hydrogen-bond acceptors (Lipinski definition) is 5. The summed E-state index contributed by atoms with van der Waals surface area (Å²) < 4.78 is 7.50. The molecule has 3 aromatic carbocycles. The van der Waals surface area contributed by atoms with Crippen LogP contribution in [0.5, 0.6) is 11.5 Å². The van der Waals surface area contributed by atoms with Gasteiger partial charge in [-0.15, -0.1) is 0 Å². The lowest BCUT2D eigenvalue weighted by Gasteiger charge is -2.36. The molecule has 1 heterocycles. The van der Waals surface area contributed by atoms with Gasteiger partial charge in [0.25, 0.3) is 0 Å². The fourth-order valence-corrected chi connectivity index (χ4v) is 6.91. The highest BCUT2D eigenvalue weighted by Crippen LogP contribution is 2.54. The number of ether oxygens (including phenoxy) is 1. The van der Waals surface area contributed by atoms with Crippen molar-refractivity contribution in [1.82, 2.24) is 0 Å². The zero-order valence-corrected chi connectivity index (χ0v) is 24.2. The van der Waals surface area contributed by atoms with E-state index in [9.17, 15) is 24.9 Å². The van der Waals surface area contributed by atoms with E-state index in [4.69, 9.17) is 4.74 Å². The van der Waals surface area contributed by atoms with Crippen molar-refractivity contribution in [2.45, 2.75) is 59.0 Å². The number of carbonyl (C=O) groups is 2. The van der Waals surface area contributed by atoms with Crippen LogP contribution < -0.4 is 0 Å².